The Hall–Kier alpha value is -2.51. The number of halogens is 2. The van der Waals surface area contributed by atoms with Crippen LogP contribution in [0.4, 0.5) is 16.0 Å². The average Bonchev–Trinajstić information content (AvgIpc) is 3.00. The number of nitrogens with one attached hydrogen (secondary N) is 2. The molecule has 0 unspecified atom stereocenters. The van der Waals surface area contributed by atoms with E-state index in [4.69, 9.17) is 23.8 Å². The van der Waals surface area contributed by atoms with Gasteiger partial charge in [-0.25, -0.2) is 14.1 Å². The van der Waals surface area contributed by atoms with Crippen molar-refractivity contribution in [2.24, 2.45) is 0 Å². The summed E-state index contributed by atoms with van der Waals surface area (Å²) in [7, 11) is 0. The maximum absolute atomic E-state index is 13.7. The van der Waals surface area contributed by atoms with Crippen LogP contribution in [-0.2, 0) is 6.54 Å². The van der Waals surface area contributed by atoms with Crippen LogP contribution in [0.3, 0.4) is 0 Å². The highest BCUT2D eigenvalue weighted by Crippen LogP contribution is 2.20. The summed E-state index contributed by atoms with van der Waals surface area (Å²) in [6.45, 7) is 2.21. The highest BCUT2D eigenvalue weighted by molar-refractivity contribution is 7.80. The molecule has 3 rings (SSSR count). The van der Waals surface area contributed by atoms with Crippen molar-refractivity contribution in [3.63, 3.8) is 0 Å². The van der Waals surface area contributed by atoms with Gasteiger partial charge >= 0.3 is 0 Å². The molecule has 0 amide bonds. The number of benzene rings is 2. The molecule has 0 saturated carbocycles. The van der Waals surface area contributed by atoms with Gasteiger partial charge in [-0.05, 0) is 42.9 Å². The lowest BCUT2D eigenvalue weighted by Crippen LogP contribution is -2.20. The van der Waals surface area contributed by atoms with Crippen LogP contribution in [0.2, 0.25) is 5.02 Å². The van der Waals surface area contributed by atoms with Crippen LogP contribution >= 0.6 is 23.8 Å². The first-order chi connectivity index (χ1) is 12.0. The van der Waals surface area contributed by atoms with Crippen molar-refractivity contribution in [1.29, 1.82) is 0 Å². The minimum atomic E-state index is -0.277. The fraction of sp³-hybridized carbons (Fsp3) is 0.118. The second kappa shape index (κ2) is 7.58. The summed E-state index contributed by atoms with van der Waals surface area (Å²) in [4.78, 5) is 4.12. The Morgan fingerprint density at radius 3 is 2.80 bits per heavy atom. The minimum absolute atomic E-state index is 0.277. The summed E-state index contributed by atoms with van der Waals surface area (Å²) in [6, 6.07) is 12.1. The van der Waals surface area contributed by atoms with Gasteiger partial charge in [0.15, 0.2) is 5.11 Å². The number of nitrogens with zero attached hydrogens (tertiary/aromatic N) is 3. The molecule has 8 heteroatoms. The monoisotopic (exact) mass is 375 g/mol. The fourth-order valence-electron chi connectivity index (χ4n) is 2.16. The molecule has 0 aliphatic rings. The largest absolute Gasteiger partial charge is 0.332 e. The van der Waals surface area contributed by atoms with Gasteiger partial charge in [0.2, 0.25) is 5.95 Å². The molecule has 5 nitrogen and oxygen atoms in total. The van der Waals surface area contributed by atoms with E-state index in [2.05, 4.69) is 20.7 Å². The average molecular weight is 376 g/mol. The molecular weight excluding hydrogens is 361 g/mol. The van der Waals surface area contributed by atoms with Gasteiger partial charge in [0, 0.05) is 16.3 Å². The number of anilines is 2. The van der Waals surface area contributed by atoms with E-state index in [1.165, 1.54) is 17.1 Å². The van der Waals surface area contributed by atoms with Crippen molar-refractivity contribution in [3.05, 3.63) is 70.8 Å². The van der Waals surface area contributed by atoms with E-state index in [-0.39, 0.29) is 12.4 Å². The summed E-state index contributed by atoms with van der Waals surface area (Å²) in [5, 5.41) is 11.1. The van der Waals surface area contributed by atoms with E-state index in [0.29, 0.717) is 21.6 Å². The number of rotatable bonds is 4. The minimum Gasteiger partial charge on any atom is -0.332 e. The number of thiocarbonyl (C=S) groups is 1. The number of hydrogen-bond donors (Lipinski definition) is 2. The molecule has 0 spiro atoms. The predicted molar refractivity (Wildman–Crippen MR) is 102 cm³/mol. The molecule has 0 saturated heterocycles. The zero-order chi connectivity index (χ0) is 17.8. The molecular formula is C17H15ClFN5S. The van der Waals surface area contributed by atoms with Crippen LogP contribution in [0.25, 0.3) is 0 Å². The summed E-state index contributed by atoms with van der Waals surface area (Å²) >= 11 is 11.3. The molecule has 25 heavy (non-hydrogen) atoms. The first-order valence-corrected chi connectivity index (χ1v) is 8.27. The van der Waals surface area contributed by atoms with E-state index in [1.807, 2.05) is 19.1 Å². The molecule has 0 atom stereocenters. The molecule has 2 N–H and O–H groups in total. The van der Waals surface area contributed by atoms with Crippen molar-refractivity contribution in [3.8, 4) is 0 Å². The number of aryl methyl sites for hydroxylation is 1. The normalized spacial score (nSPS) is 10.5. The molecule has 0 bridgehead atoms. The maximum atomic E-state index is 13.7. The summed E-state index contributed by atoms with van der Waals surface area (Å²) in [5.74, 6) is 0.0491. The Kier molecular flexibility index (Phi) is 5.25. The Morgan fingerprint density at radius 2 is 2.04 bits per heavy atom. The lowest BCUT2D eigenvalue weighted by atomic mass is 10.2. The summed E-state index contributed by atoms with van der Waals surface area (Å²) in [6.07, 6.45) is 1.51. The third-order valence-corrected chi connectivity index (χ3v) is 4.09. The smallest absolute Gasteiger partial charge is 0.248 e. The standard InChI is InChI=1S/C17H15ClFN5S/c1-11-6-7-13(8-14(11)18)21-17(25)22-16-20-10-24(23-16)9-12-4-2-3-5-15(12)19/h2-8,10H,9H2,1H3,(H2,21,22,23,25). The predicted octanol–water partition coefficient (Wildman–Crippen LogP) is 4.24. The summed E-state index contributed by atoms with van der Waals surface area (Å²) in [5.41, 5.74) is 2.28. The molecule has 1 aromatic heterocycles. The van der Waals surface area contributed by atoms with Crippen molar-refractivity contribution in [2.45, 2.75) is 13.5 Å². The highest BCUT2D eigenvalue weighted by Gasteiger charge is 2.07. The molecule has 128 valence electrons. The Labute approximate surface area is 154 Å². The molecule has 3 aromatic rings. The maximum Gasteiger partial charge on any atom is 0.248 e. The molecule has 1 heterocycles. The highest BCUT2D eigenvalue weighted by atomic mass is 35.5. The van der Waals surface area contributed by atoms with Crippen molar-refractivity contribution in [1.82, 2.24) is 14.8 Å². The molecule has 0 radical (unpaired) electrons. The topological polar surface area (TPSA) is 54.8 Å². The van der Waals surface area contributed by atoms with Gasteiger partial charge < -0.3 is 5.32 Å². The van der Waals surface area contributed by atoms with Crippen LogP contribution in [-0.4, -0.2) is 19.9 Å². The second-order valence-corrected chi connectivity index (χ2v) is 6.22. The van der Waals surface area contributed by atoms with Gasteiger partial charge in [0.05, 0.1) is 6.54 Å². The van der Waals surface area contributed by atoms with Crippen LogP contribution < -0.4 is 10.6 Å². The van der Waals surface area contributed by atoms with E-state index in [0.717, 1.165) is 11.3 Å². The van der Waals surface area contributed by atoms with Crippen molar-refractivity contribution >= 4 is 40.6 Å². The van der Waals surface area contributed by atoms with Gasteiger partial charge in [-0.1, -0.05) is 35.9 Å². The van der Waals surface area contributed by atoms with E-state index in [9.17, 15) is 4.39 Å². The van der Waals surface area contributed by atoms with Gasteiger partial charge in [-0.2, -0.15) is 0 Å². The van der Waals surface area contributed by atoms with Crippen LogP contribution in [0, 0.1) is 12.7 Å². The lowest BCUT2D eigenvalue weighted by molar-refractivity contribution is 0.585. The van der Waals surface area contributed by atoms with Gasteiger partial charge in [0.25, 0.3) is 0 Å². The molecule has 0 fully saturated rings. The van der Waals surface area contributed by atoms with Crippen molar-refractivity contribution < 1.29 is 4.39 Å². The third-order valence-electron chi connectivity index (χ3n) is 3.48. The van der Waals surface area contributed by atoms with Crippen LogP contribution in [0.5, 0.6) is 0 Å². The summed E-state index contributed by atoms with van der Waals surface area (Å²) < 4.78 is 15.2. The van der Waals surface area contributed by atoms with Crippen LogP contribution in [0.1, 0.15) is 11.1 Å². The quantitative estimate of drug-likeness (QED) is 0.668. The van der Waals surface area contributed by atoms with Crippen molar-refractivity contribution in [2.75, 3.05) is 10.6 Å². The number of aromatic nitrogens is 3. The lowest BCUT2D eigenvalue weighted by Gasteiger charge is -2.09. The van der Waals surface area contributed by atoms with Gasteiger partial charge in [0.1, 0.15) is 12.1 Å². The Bertz CT molecular complexity index is 912. The van der Waals surface area contributed by atoms with E-state index in [1.54, 1.807) is 24.3 Å². The second-order valence-electron chi connectivity index (χ2n) is 5.40. The van der Waals surface area contributed by atoms with E-state index >= 15 is 0 Å². The third kappa shape index (κ3) is 4.52. The Balaban J connectivity index is 1.61. The van der Waals surface area contributed by atoms with Gasteiger partial charge in [-0.15, -0.1) is 5.10 Å². The SMILES string of the molecule is Cc1ccc(NC(=S)Nc2ncn(Cc3ccccc3F)n2)cc1Cl. The number of hydrogen-bond acceptors (Lipinski definition) is 3. The van der Waals surface area contributed by atoms with E-state index < -0.39 is 0 Å². The zero-order valence-corrected chi connectivity index (χ0v) is 14.9. The first-order valence-electron chi connectivity index (χ1n) is 7.48. The first kappa shape index (κ1) is 17.3. The van der Waals surface area contributed by atoms with Crippen LogP contribution in [0.15, 0.2) is 48.8 Å². The van der Waals surface area contributed by atoms with Gasteiger partial charge in [-0.3, -0.25) is 5.32 Å². The Morgan fingerprint density at radius 1 is 1.24 bits per heavy atom. The molecule has 2 aromatic carbocycles. The molecule has 0 aliphatic heterocycles. The fourth-order valence-corrected chi connectivity index (χ4v) is 2.55. The molecule has 0 aliphatic carbocycles. The zero-order valence-electron chi connectivity index (χ0n) is 13.3.